The number of hydrogen-bond donors (Lipinski definition) is 5. The number of ether oxygens (including phenoxy) is 1. The second-order valence-corrected chi connectivity index (χ2v) is 17.0. The lowest BCUT2D eigenvalue weighted by molar-refractivity contribution is -0.137. The molecule has 2 aliphatic heterocycles. The molecule has 9 rings (SSSR count). The van der Waals surface area contributed by atoms with Crippen molar-refractivity contribution in [3.8, 4) is 33.8 Å². The van der Waals surface area contributed by atoms with E-state index in [1.165, 1.54) is 7.11 Å². The Bertz CT molecular complexity index is 2440. The Morgan fingerprint density at radius 1 is 0.695 bits per heavy atom. The average Bonchev–Trinajstić information content (AvgIpc) is 3.81. The molecule has 2 aromatic carbocycles. The Labute approximate surface area is 340 Å². The number of aromatic amines is 2. The summed E-state index contributed by atoms with van der Waals surface area (Å²) >= 11 is 0. The molecule has 2 saturated heterocycles. The van der Waals surface area contributed by atoms with Crippen molar-refractivity contribution in [3.05, 3.63) is 72.7 Å². The van der Waals surface area contributed by atoms with E-state index in [0.29, 0.717) is 34.6 Å². The highest BCUT2D eigenvalue weighted by atomic mass is 16.5. The number of likely N-dealkylation sites (tertiary alicyclic amines) is 2. The molecule has 0 spiro atoms. The first-order chi connectivity index (χ1) is 28.4. The van der Waals surface area contributed by atoms with Crippen molar-refractivity contribution in [3.63, 3.8) is 0 Å². The zero-order valence-corrected chi connectivity index (χ0v) is 33.5. The lowest BCUT2D eigenvalue weighted by Gasteiger charge is -2.31. The van der Waals surface area contributed by atoms with Crippen molar-refractivity contribution in [2.24, 2.45) is 23.7 Å². The topological polar surface area (TPSA) is 211 Å². The van der Waals surface area contributed by atoms with E-state index in [2.05, 4.69) is 20.6 Å². The Morgan fingerprint density at radius 3 is 1.81 bits per heavy atom. The van der Waals surface area contributed by atoms with Gasteiger partial charge in [0.1, 0.15) is 35.1 Å². The van der Waals surface area contributed by atoms with Crippen LogP contribution in [0.5, 0.6) is 0 Å². The van der Waals surface area contributed by atoms with Gasteiger partial charge in [-0.05, 0) is 72.6 Å². The minimum Gasteiger partial charge on any atom is -0.465 e. The summed E-state index contributed by atoms with van der Waals surface area (Å²) in [5.74, 6) is 1.58. The SMILES string of the molecule is COC(=O)N[C@H](C(=O)N1[C@@H]2C[C@H]2C[C@H]1c1nc(-c2ccc(-c3ccc4nc(-c5c[nH]c([C@@H]6C[C@H]7C[C@H]7N6C(=O)[C@@H](NC(=O)O)C(C)C)n5)cnc4c3)cc2)c[nH]1)C(C)C. The fraction of sp³-hybridized carbons (Fsp3) is 0.442. The van der Waals surface area contributed by atoms with Crippen LogP contribution in [0.4, 0.5) is 9.59 Å². The Morgan fingerprint density at radius 2 is 1.24 bits per heavy atom. The van der Waals surface area contributed by atoms with E-state index in [1.807, 2.05) is 86.2 Å². The Kier molecular flexibility index (Phi) is 9.59. The lowest BCUT2D eigenvalue weighted by atomic mass is 10.0. The van der Waals surface area contributed by atoms with Gasteiger partial charge in [-0.3, -0.25) is 14.6 Å². The number of hydrogen-bond acceptors (Lipinski definition) is 9. The van der Waals surface area contributed by atoms with Crippen molar-refractivity contribution < 1.29 is 29.0 Å². The van der Waals surface area contributed by atoms with E-state index in [1.54, 1.807) is 12.4 Å². The summed E-state index contributed by atoms with van der Waals surface area (Å²) in [5, 5.41) is 14.5. The maximum atomic E-state index is 13.8. The van der Waals surface area contributed by atoms with Gasteiger partial charge < -0.3 is 40.2 Å². The smallest absolute Gasteiger partial charge is 0.407 e. The second kappa shape index (κ2) is 14.8. The molecule has 59 heavy (non-hydrogen) atoms. The van der Waals surface area contributed by atoms with E-state index in [0.717, 1.165) is 59.4 Å². The normalized spacial score (nSPS) is 23.8. The minimum atomic E-state index is -1.21. The number of piperidine rings is 2. The first-order valence-electron chi connectivity index (χ1n) is 20.3. The second-order valence-electron chi connectivity index (χ2n) is 17.0. The van der Waals surface area contributed by atoms with Crippen LogP contribution in [0.2, 0.25) is 0 Å². The van der Waals surface area contributed by atoms with Crippen molar-refractivity contribution in [1.82, 2.24) is 50.3 Å². The van der Waals surface area contributed by atoms with E-state index >= 15 is 0 Å². The van der Waals surface area contributed by atoms with Gasteiger partial charge in [-0.1, -0.05) is 58.0 Å². The molecule has 3 aromatic heterocycles. The lowest BCUT2D eigenvalue weighted by Crippen LogP contribution is -2.52. The van der Waals surface area contributed by atoms with Gasteiger partial charge in [0.15, 0.2) is 0 Å². The fourth-order valence-corrected chi connectivity index (χ4v) is 9.14. The molecule has 306 valence electrons. The number of methoxy groups -OCH3 is 1. The predicted octanol–water partition coefficient (Wildman–Crippen LogP) is 6.07. The first kappa shape index (κ1) is 38.2. The average molecular weight is 801 g/mol. The molecular weight excluding hydrogens is 753 g/mol. The number of carbonyl (C=O) groups is 4. The molecule has 0 unspecified atom stereocenters. The van der Waals surface area contributed by atoms with Crippen LogP contribution in [0.25, 0.3) is 44.8 Å². The molecule has 0 bridgehead atoms. The van der Waals surface area contributed by atoms with E-state index in [-0.39, 0.29) is 47.8 Å². The highest BCUT2D eigenvalue weighted by Gasteiger charge is 2.57. The number of carbonyl (C=O) groups excluding carboxylic acids is 3. The molecule has 4 amide bonds. The number of carboxylic acid groups (broad SMARTS) is 1. The Balaban J connectivity index is 0.883. The minimum absolute atomic E-state index is 0.0989. The summed E-state index contributed by atoms with van der Waals surface area (Å²) in [6.45, 7) is 7.50. The quantitative estimate of drug-likeness (QED) is 0.104. The monoisotopic (exact) mass is 800 g/mol. The van der Waals surface area contributed by atoms with Crippen LogP contribution >= 0.6 is 0 Å². The number of alkyl carbamates (subject to hydrolysis) is 1. The Hall–Kier alpha value is -6.32. The van der Waals surface area contributed by atoms with Gasteiger partial charge >= 0.3 is 12.2 Å². The molecule has 4 aliphatic rings. The van der Waals surface area contributed by atoms with Gasteiger partial charge in [-0.2, -0.15) is 0 Å². The largest absolute Gasteiger partial charge is 0.465 e. The molecular formula is C43H48N10O6. The summed E-state index contributed by atoms with van der Waals surface area (Å²) in [6.07, 6.45) is 7.02. The predicted molar refractivity (Wildman–Crippen MR) is 216 cm³/mol. The molecule has 5 aromatic rings. The molecule has 2 saturated carbocycles. The molecule has 4 fully saturated rings. The highest BCUT2D eigenvalue weighted by molar-refractivity contribution is 5.88. The number of fused-ring (bicyclic) bond motifs is 3. The van der Waals surface area contributed by atoms with Crippen LogP contribution in [0.3, 0.4) is 0 Å². The summed E-state index contributed by atoms with van der Waals surface area (Å²) in [5.41, 5.74) is 6.38. The molecule has 16 heteroatoms. The van der Waals surface area contributed by atoms with Gasteiger partial charge in [-0.25, -0.2) is 24.5 Å². The van der Waals surface area contributed by atoms with Gasteiger partial charge in [0, 0.05) is 30.0 Å². The number of nitrogens with zero attached hydrogens (tertiary/aromatic N) is 6. The third kappa shape index (κ3) is 7.14. The van der Waals surface area contributed by atoms with Crippen molar-refractivity contribution >= 4 is 35.0 Å². The van der Waals surface area contributed by atoms with Crippen LogP contribution in [-0.4, -0.2) is 100 Å². The summed E-state index contributed by atoms with van der Waals surface area (Å²) < 4.78 is 4.79. The molecule has 16 nitrogen and oxygen atoms in total. The van der Waals surface area contributed by atoms with Crippen LogP contribution in [0.15, 0.2) is 61.1 Å². The third-order valence-corrected chi connectivity index (χ3v) is 12.5. The zero-order chi connectivity index (χ0) is 41.3. The summed E-state index contributed by atoms with van der Waals surface area (Å²) in [4.78, 5) is 80.7. The molecule has 5 heterocycles. The van der Waals surface area contributed by atoms with Gasteiger partial charge in [0.2, 0.25) is 11.8 Å². The first-order valence-corrected chi connectivity index (χ1v) is 20.3. The molecule has 2 aliphatic carbocycles. The van der Waals surface area contributed by atoms with Crippen LogP contribution < -0.4 is 10.6 Å². The van der Waals surface area contributed by atoms with Crippen molar-refractivity contribution in [1.29, 1.82) is 0 Å². The van der Waals surface area contributed by atoms with Gasteiger partial charge in [0.25, 0.3) is 0 Å². The number of imidazole rings is 2. The number of benzene rings is 2. The number of nitrogens with one attached hydrogen (secondary N) is 4. The molecule has 8 atom stereocenters. The maximum Gasteiger partial charge on any atom is 0.407 e. The van der Waals surface area contributed by atoms with Crippen LogP contribution in [0.1, 0.15) is 77.1 Å². The van der Waals surface area contributed by atoms with Gasteiger partial charge in [-0.15, -0.1) is 0 Å². The number of amides is 4. The number of rotatable bonds is 11. The maximum absolute atomic E-state index is 13.8. The fourth-order valence-electron chi connectivity index (χ4n) is 9.14. The standard InChI is InChI=1S/C43H48N10O6/c1-20(2)36(50-42(56)57)40(54)52-32-13-26(32)16-35(52)39-46-19-31(49-39)30-18-44-28-12-24(10-11-27(28)47-30)22-6-8-23(9-7-22)29-17-45-38(48-29)34-15-25-14-33(25)53(34)41(55)37(21(3)4)51-43(58)59-5/h6-12,17-21,25-26,32-37,50H,13-16H2,1-5H3,(H,45,48)(H,46,49)(H,51,58)(H,56,57)/t25-,26+,32+,33+,34-,35-,36-,37-/m0/s1. The third-order valence-electron chi connectivity index (χ3n) is 12.5. The molecule has 0 radical (unpaired) electrons. The van der Waals surface area contributed by atoms with Crippen molar-refractivity contribution in [2.75, 3.05) is 7.11 Å². The van der Waals surface area contributed by atoms with Crippen LogP contribution in [0, 0.1) is 23.7 Å². The number of aromatic nitrogens is 6. The van der Waals surface area contributed by atoms with E-state index in [9.17, 15) is 24.3 Å². The zero-order valence-electron chi connectivity index (χ0n) is 33.5. The van der Waals surface area contributed by atoms with E-state index < -0.39 is 24.3 Å². The van der Waals surface area contributed by atoms with Gasteiger partial charge in [0.05, 0.1) is 42.1 Å². The van der Waals surface area contributed by atoms with Crippen molar-refractivity contribution in [2.45, 2.75) is 89.6 Å². The summed E-state index contributed by atoms with van der Waals surface area (Å²) in [7, 11) is 1.30. The summed E-state index contributed by atoms with van der Waals surface area (Å²) in [6, 6.07) is 12.4. The van der Waals surface area contributed by atoms with E-state index in [4.69, 9.17) is 24.7 Å². The number of H-pyrrole nitrogens is 2. The highest BCUT2D eigenvalue weighted by Crippen LogP contribution is 2.54. The molecule has 5 N–H and O–H groups in total. The van der Waals surface area contributed by atoms with Crippen LogP contribution in [-0.2, 0) is 14.3 Å².